The summed E-state index contributed by atoms with van der Waals surface area (Å²) in [6.07, 6.45) is 3.46. The first kappa shape index (κ1) is 9.21. The van der Waals surface area contributed by atoms with Crippen LogP contribution in [0.5, 0.6) is 0 Å². The van der Waals surface area contributed by atoms with Crippen molar-refractivity contribution in [2.75, 3.05) is 13.1 Å². The van der Waals surface area contributed by atoms with Crippen LogP contribution in [0.25, 0.3) is 0 Å². The summed E-state index contributed by atoms with van der Waals surface area (Å²) in [5.74, 6) is -1.28. The quantitative estimate of drug-likeness (QED) is 0.723. The molecule has 1 unspecified atom stereocenters. The highest BCUT2D eigenvalue weighted by atomic mass is 16.4. The van der Waals surface area contributed by atoms with E-state index in [1.54, 1.807) is 13.1 Å². The predicted molar refractivity (Wildman–Crippen MR) is 50.2 cm³/mol. The zero-order valence-corrected chi connectivity index (χ0v) is 7.97. The summed E-state index contributed by atoms with van der Waals surface area (Å²) < 4.78 is 1.84. The van der Waals surface area contributed by atoms with Gasteiger partial charge in [0.15, 0.2) is 0 Å². The van der Waals surface area contributed by atoms with E-state index in [-0.39, 0.29) is 0 Å². The van der Waals surface area contributed by atoms with E-state index in [0.717, 1.165) is 18.7 Å². The van der Waals surface area contributed by atoms with Crippen molar-refractivity contribution in [3.63, 3.8) is 0 Å². The van der Waals surface area contributed by atoms with Gasteiger partial charge in [-0.1, -0.05) is 0 Å². The molecule has 0 radical (unpaired) electrons. The van der Waals surface area contributed by atoms with Crippen LogP contribution in [0, 0.1) is 0 Å². The van der Waals surface area contributed by atoms with Crippen molar-refractivity contribution in [2.24, 2.45) is 0 Å². The first-order chi connectivity index (χ1) is 6.68. The molecular weight excluding hydrogens is 182 g/mol. The summed E-state index contributed by atoms with van der Waals surface area (Å²) in [6, 6.07) is 0.393. The Morgan fingerprint density at radius 1 is 1.79 bits per heavy atom. The van der Waals surface area contributed by atoms with E-state index in [9.17, 15) is 4.79 Å². The number of carbonyl (C=O) groups is 1. The van der Waals surface area contributed by atoms with Crippen molar-refractivity contribution < 1.29 is 9.90 Å². The molecule has 2 N–H and O–H groups in total. The third-order valence-corrected chi connectivity index (χ3v) is 2.63. The van der Waals surface area contributed by atoms with Crippen molar-refractivity contribution in [3.8, 4) is 0 Å². The first-order valence-electron chi connectivity index (χ1n) is 4.66. The molecule has 2 heterocycles. The third kappa shape index (κ3) is 1.50. The molecule has 1 aliphatic heterocycles. The number of aliphatic carboxylic acids is 1. The van der Waals surface area contributed by atoms with Gasteiger partial charge >= 0.3 is 5.97 Å². The van der Waals surface area contributed by atoms with E-state index >= 15 is 0 Å². The second-order valence-electron chi connectivity index (χ2n) is 3.63. The molecule has 1 aromatic rings. The van der Waals surface area contributed by atoms with Gasteiger partial charge in [-0.3, -0.25) is 9.48 Å². The van der Waals surface area contributed by atoms with Crippen molar-refractivity contribution >= 4 is 5.97 Å². The van der Waals surface area contributed by atoms with Crippen LogP contribution in [0.1, 0.15) is 24.4 Å². The van der Waals surface area contributed by atoms with E-state index < -0.39 is 11.9 Å². The second kappa shape index (κ2) is 3.42. The monoisotopic (exact) mass is 195 g/mol. The van der Waals surface area contributed by atoms with E-state index in [0.29, 0.717) is 6.04 Å². The lowest BCUT2D eigenvalue weighted by Gasteiger charge is -2.27. The van der Waals surface area contributed by atoms with Crippen LogP contribution in [0.3, 0.4) is 0 Å². The van der Waals surface area contributed by atoms with Crippen LogP contribution in [-0.4, -0.2) is 33.9 Å². The fourth-order valence-electron chi connectivity index (χ4n) is 1.38. The third-order valence-electron chi connectivity index (χ3n) is 2.63. The minimum atomic E-state index is -0.809. The lowest BCUT2D eigenvalue weighted by molar-refractivity contribution is -0.138. The molecule has 1 saturated heterocycles. The standard InChI is InChI=1S/C9H13N3O2/c1-6(9(13)14)7-2-11-12(5-7)8-3-10-4-8/h2,5-6,8,10H,3-4H2,1H3,(H,13,14). The van der Waals surface area contributed by atoms with Gasteiger partial charge < -0.3 is 10.4 Å². The van der Waals surface area contributed by atoms with Gasteiger partial charge in [0.05, 0.1) is 18.2 Å². The largest absolute Gasteiger partial charge is 0.481 e. The van der Waals surface area contributed by atoms with Crippen molar-refractivity contribution in [3.05, 3.63) is 18.0 Å². The molecule has 0 amide bonds. The molecule has 5 heteroatoms. The molecule has 2 rings (SSSR count). The Bertz CT molecular complexity index is 344. The average Bonchev–Trinajstić information content (AvgIpc) is 2.48. The zero-order valence-electron chi connectivity index (χ0n) is 7.97. The minimum absolute atomic E-state index is 0.393. The molecule has 1 aromatic heterocycles. The highest BCUT2D eigenvalue weighted by Crippen LogP contribution is 2.17. The Morgan fingerprint density at radius 2 is 2.50 bits per heavy atom. The Balaban J connectivity index is 2.12. The summed E-state index contributed by atoms with van der Waals surface area (Å²) in [5, 5.41) is 16.1. The fourth-order valence-corrected chi connectivity index (χ4v) is 1.38. The van der Waals surface area contributed by atoms with Crippen molar-refractivity contribution in [2.45, 2.75) is 18.9 Å². The molecule has 1 fully saturated rings. The number of hydrogen-bond donors (Lipinski definition) is 2. The van der Waals surface area contributed by atoms with Crippen molar-refractivity contribution in [1.29, 1.82) is 0 Å². The van der Waals surface area contributed by atoms with Gasteiger partial charge in [-0.15, -0.1) is 0 Å². The van der Waals surface area contributed by atoms with Gasteiger partial charge in [-0.2, -0.15) is 5.10 Å². The van der Waals surface area contributed by atoms with E-state index in [1.807, 2.05) is 10.9 Å². The summed E-state index contributed by atoms with van der Waals surface area (Å²) in [5.41, 5.74) is 0.768. The van der Waals surface area contributed by atoms with Crippen LogP contribution in [0.15, 0.2) is 12.4 Å². The smallest absolute Gasteiger partial charge is 0.310 e. The highest BCUT2D eigenvalue weighted by Gasteiger charge is 2.21. The molecule has 0 saturated carbocycles. The van der Waals surface area contributed by atoms with Gasteiger partial charge in [0.25, 0.3) is 0 Å². The van der Waals surface area contributed by atoms with Crippen LogP contribution in [-0.2, 0) is 4.79 Å². The minimum Gasteiger partial charge on any atom is -0.481 e. The molecule has 0 aromatic carbocycles. The summed E-state index contributed by atoms with van der Waals surface area (Å²) in [4.78, 5) is 10.7. The zero-order chi connectivity index (χ0) is 10.1. The Hall–Kier alpha value is -1.36. The number of carboxylic acid groups (broad SMARTS) is 1. The van der Waals surface area contributed by atoms with Crippen molar-refractivity contribution in [1.82, 2.24) is 15.1 Å². The molecule has 0 spiro atoms. The van der Waals surface area contributed by atoms with Crippen LogP contribution >= 0.6 is 0 Å². The lowest BCUT2D eigenvalue weighted by Crippen LogP contribution is -2.43. The molecule has 76 valence electrons. The fraction of sp³-hybridized carbons (Fsp3) is 0.556. The van der Waals surface area contributed by atoms with E-state index in [4.69, 9.17) is 5.11 Å². The number of nitrogens with one attached hydrogen (secondary N) is 1. The Kier molecular flexibility index (Phi) is 2.25. The maximum atomic E-state index is 10.7. The topological polar surface area (TPSA) is 67.1 Å². The van der Waals surface area contributed by atoms with Gasteiger partial charge in [-0.25, -0.2) is 0 Å². The second-order valence-corrected chi connectivity index (χ2v) is 3.63. The molecule has 5 nitrogen and oxygen atoms in total. The number of aromatic nitrogens is 2. The Labute approximate surface area is 81.7 Å². The average molecular weight is 195 g/mol. The number of rotatable bonds is 3. The molecule has 14 heavy (non-hydrogen) atoms. The highest BCUT2D eigenvalue weighted by molar-refractivity contribution is 5.75. The van der Waals surface area contributed by atoms with Crippen LogP contribution in [0.2, 0.25) is 0 Å². The summed E-state index contributed by atoms with van der Waals surface area (Å²) in [6.45, 7) is 3.51. The number of nitrogens with zero attached hydrogens (tertiary/aromatic N) is 2. The van der Waals surface area contributed by atoms with Crippen LogP contribution < -0.4 is 5.32 Å². The molecule has 1 aliphatic rings. The van der Waals surface area contributed by atoms with Gasteiger partial charge in [0.1, 0.15) is 0 Å². The molecular formula is C9H13N3O2. The number of hydrogen-bond acceptors (Lipinski definition) is 3. The normalized spacial score (nSPS) is 18.9. The van der Waals surface area contributed by atoms with E-state index in [2.05, 4.69) is 10.4 Å². The molecule has 0 aliphatic carbocycles. The van der Waals surface area contributed by atoms with Gasteiger partial charge in [0.2, 0.25) is 0 Å². The maximum Gasteiger partial charge on any atom is 0.310 e. The number of carboxylic acids is 1. The Morgan fingerprint density at radius 3 is 3.00 bits per heavy atom. The SMILES string of the molecule is CC(C(=O)O)c1cnn(C2CNC2)c1. The van der Waals surface area contributed by atoms with Gasteiger partial charge in [-0.05, 0) is 6.92 Å². The van der Waals surface area contributed by atoms with E-state index in [1.165, 1.54) is 0 Å². The summed E-state index contributed by atoms with van der Waals surface area (Å²) in [7, 11) is 0. The molecule has 1 atom stereocenters. The molecule has 0 bridgehead atoms. The lowest BCUT2D eigenvalue weighted by atomic mass is 10.1. The summed E-state index contributed by atoms with van der Waals surface area (Å²) >= 11 is 0. The maximum absolute atomic E-state index is 10.7. The van der Waals surface area contributed by atoms with Crippen LogP contribution in [0.4, 0.5) is 0 Å². The first-order valence-corrected chi connectivity index (χ1v) is 4.66. The predicted octanol–water partition coefficient (Wildman–Crippen LogP) is 0.215. The van der Waals surface area contributed by atoms with Gasteiger partial charge in [0, 0.05) is 24.8 Å².